The highest BCUT2D eigenvalue weighted by Gasteiger charge is 2.48. The predicted octanol–water partition coefficient (Wildman–Crippen LogP) is 13.1. The smallest absolute Gasteiger partial charge is 0.333 e. The third kappa shape index (κ3) is 4.73. The van der Waals surface area contributed by atoms with Crippen molar-refractivity contribution in [3.63, 3.8) is 0 Å². The van der Waals surface area contributed by atoms with Crippen LogP contribution in [0.5, 0.6) is 11.5 Å². The summed E-state index contributed by atoms with van der Waals surface area (Å²) in [7, 11) is 0. The van der Waals surface area contributed by atoms with Crippen molar-refractivity contribution in [2.75, 3.05) is 14.6 Å². The van der Waals surface area contributed by atoms with Crippen LogP contribution in [0.4, 0.5) is 45.5 Å². The van der Waals surface area contributed by atoms with E-state index >= 15 is 0 Å². The maximum Gasteiger partial charge on any atom is 0.333 e. The fourth-order valence-electron chi connectivity index (χ4n) is 9.91. The zero-order valence-corrected chi connectivity index (χ0v) is 33.3. The molecule has 0 saturated carbocycles. The van der Waals surface area contributed by atoms with Crippen molar-refractivity contribution in [3.8, 4) is 22.6 Å². The second-order valence-electron chi connectivity index (χ2n) is 16.2. The van der Waals surface area contributed by atoms with Crippen molar-refractivity contribution in [1.29, 1.82) is 0 Å². The van der Waals surface area contributed by atoms with Crippen LogP contribution in [0.2, 0.25) is 0 Å². The monoisotopic (exact) mass is 763 g/mol. The van der Waals surface area contributed by atoms with E-state index in [9.17, 15) is 0 Å². The molecule has 0 saturated heterocycles. The Morgan fingerprint density at radius 1 is 0.534 bits per heavy atom. The molecule has 12 rings (SSSR count). The summed E-state index contributed by atoms with van der Waals surface area (Å²) in [4.78, 5) is 10.1. The van der Waals surface area contributed by atoms with Crippen LogP contribution in [0.25, 0.3) is 11.1 Å². The largest absolute Gasteiger partial charge is 0.457 e. The Bertz CT molecular complexity index is 2940. The van der Waals surface area contributed by atoms with Crippen LogP contribution in [0, 0.1) is 6.92 Å². The Balaban J connectivity index is 1.23. The molecule has 0 amide bonds. The van der Waals surface area contributed by atoms with Gasteiger partial charge in [-0.2, -0.15) is 0 Å². The Morgan fingerprint density at radius 2 is 1.21 bits per heavy atom. The highest BCUT2D eigenvalue weighted by Crippen LogP contribution is 2.58. The first-order chi connectivity index (χ1) is 28.5. The van der Waals surface area contributed by atoms with Crippen molar-refractivity contribution < 1.29 is 4.74 Å². The average Bonchev–Trinajstić information content (AvgIpc) is 3.25. The Morgan fingerprint density at radius 3 is 1.98 bits per heavy atom. The molecule has 0 aromatic heterocycles. The molecule has 8 aromatic carbocycles. The van der Waals surface area contributed by atoms with Gasteiger partial charge in [-0.25, -0.2) is 0 Å². The Labute approximate surface area is 344 Å². The molecule has 4 heterocycles. The van der Waals surface area contributed by atoms with Crippen molar-refractivity contribution in [2.24, 2.45) is 0 Å². The lowest BCUT2D eigenvalue weighted by atomic mass is 9.43. The molecule has 4 aliphatic heterocycles. The topological polar surface area (TPSA) is 19.0 Å². The second-order valence-corrected chi connectivity index (χ2v) is 17.3. The number of hydrogen-bond acceptors (Lipinski definition) is 5. The molecule has 6 heteroatoms. The minimum atomic E-state index is -0.286. The van der Waals surface area contributed by atoms with E-state index in [1.54, 1.807) is 0 Å². The quantitative estimate of drug-likeness (QED) is 0.166. The summed E-state index contributed by atoms with van der Waals surface area (Å²) in [6.45, 7) is 6.81. The van der Waals surface area contributed by atoms with Gasteiger partial charge < -0.3 is 19.3 Å². The maximum absolute atomic E-state index is 6.89. The van der Waals surface area contributed by atoms with Crippen LogP contribution in [-0.4, -0.2) is 6.85 Å². The summed E-state index contributed by atoms with van der Waals surface area (Å²) in [6, 6.07) is 64.4. The number of nitrogens with zero attached hydrogens (tertiary/aromatic N) is 3. The fourth-order valence-corrected chi connectivity index (χ4v) is 11.0. The lowest BCUT2D eigenvalue weighted by Gasteiger charge is -2.48. The summed E-state index contributed by atoms with van der Waals surface area (Å²) in [5.41, 5.74) is 17.7. The number of ether oxygens (including phenoxy) is 1. The molecule has 4 nitrogen and oxygen atoms in total. The van der Waals surface area contributed by atoms with Crippen molar-refractivity contribution in [1.82, 2.24) is 0 Å². The van der Waals surface area contributed by atoms with Gasteiger partial charge >= 0.3 is 6.85 Å². The second kappa shape index (κ2) is 12.4. The highest BCUT2D eigenvalue weighted by atomic mass is 32.2. The van der Waals surface area contributed by atoms with E-state index in [1.165, 1.54) is 71.3 Å². The molecule has 0 N–H and O–H groups in total. The Hall–Kier alpha value is -6.63. The van der Waals surface area contributed by atoms with Crippen molar-refractivity contribution >= 4 is 75.0 Å². The van der Waals surface area contributed by atoms with Gasteiger partial charge in [-0.15, -0.1) is 0 Å². The minimum absolute atomic E-state index is 0.103. The van der Waals surface area contributed by atoms with Gasteiger partial charge in [0.2, 0.25) is 0 Å². The maximum atomic E-state index is 6.89. The molecule has 0 atom stereocenters. The summed E-state index contributed by atoms with van der Waals surface area (Å²) < 4.78 is 6.89. The third-order valence-electron chi connectivity index (χ3n) is 12.6. The van der Waals surface area contributed by atoms with E-state index in [0.29, 0.717) is 0 Å². The van der Waals surface area contributed by atoms with Crippen LogP contribution in [-0.2, 0) is 5.41 Å². The molecule has 276 valence electrons. The number of fused-ring (bicyclic) bond motifs is 8. The molecule has 4 aliphatic rings. The third-order valence-corrected chi connectivity index (χ3v) is 13.7. The first-order valence-corrected chi connectivity index (χ1v) is 20.9. The van der Waals surface area contributed by atoms with Gasteiger partial charge in [0.25, 0.3) is 0 Å². The van der Waals surface area contributed by atoms with E-state index < -0.39 is 0 Å². The Kier molecular flexibility index (Phi) is 7.18. The van der Waals surface area contributed by atoms with E-state index in [2.05, 4.69) is 211 Å². The van der Waals surface area contributed by atoms with Crippen molar-refractivity contribution in [2.45, 2.75) is 36.0 Å². The first-order valence-electron chi connectivity index (χ1n) is 20.0. The van der Waals surface area contributed by atoms with Gasteiger partial charge in [-0.1, -0.05) is 123 Å². The van der Waals surface area contributed by atoms with E-state index in [-0.39, 0.29) is 12.3 Å². The number of anilines is 8. The molecule has 0 radical (unpaired) electrons. The normalized spacial score (nSPS) is 14.6. The lowest BCUT2D eigenvalue weighted by molar-refractivity contribution is 0.418. The molecule has 0 bridgehead atoms. The average molecular weight is 764 g/mol. The van der Waals surface area contributed by atoms with E-state index in [1.807, 2.05) is 11.8 Å². The van der Waals surface area contributed by atoms with E-state index in [4.69, 9.17) is 4.74 Å². The SMILES string of the molecule is Cc1ccccc1N1B2c3cccc4c3N(c3ccccc3S4)c3cc(N(c4ccccc4)c4ccccc4)cc(c32)-c2cc3c(cc21)Oc1ccccc1C3(C)C. The van der Waals surface area contributed by atoms with Crippen molar-refractivity contribution in [3.05, 3.63) is 193 Å². The molecule has 58 heavy (non-hydrogen) atoms. The molecule has 0 fully saturated rings. The zero-order valence-electron chi connectivity index (χ0n) is 32.5. The molecular formula is C52H38BN3OS. The predicted molar refractivity (Wildman–Crippen MR) is 242 cm³/mol. The van der Waals surface area contributed by atoms with Gasteiger partial charge in [0.15, 0.2) is 0 Å². The molecular weight excluding hydrogens is 725 g/mol. The summed E-state index contributed by atoms with van der Waals surface area (Å²) in [5, 5.41) is 0. The van der Waals surface area contributed by atoms with Crippen LogP contribution < -0.4 is 30.3 Å². The molecule has 0 aliphatic carbocycles. The van der Waals surface area contributed by atoms with Gasteiger partial charge in [0.05, 0.1) is 11.4 Å². The fraction of sp³-hybridized carbons (Fsp3) is 0.0769. The van der Waals surface area contributed by atoms with Gasteiger partial charge in [-0.3, -0.25) is 0 Å². The minimum Gasteiger partial charge on any atom is -0.457 e. The molecule has 8 aromatic rings. The summed E-state index contributed by atoms with van der Waals surface area (Å²) in [5.74, 6) is 1.83. The zero-order chi connectivity index (χ0) is 38.7. The van der Waals surface area contributed by atoms with Crippen LogP contribution in [0.15, 0.2) is 186 Å². The molecule has 0 spiro atoms. The number of aryl methyl sites for hydroxylation is 1. The standard InChI is InChI=1S/C52H38BN3OS/c1-33-17-10-12-24-42(33)56-44-32-47-40(52(2,3)39-22-11-14-26-46(39)57-47)31-37(44)38-29-36(54(34-18-6-4-7-19-34)35-20-8-5-9-21-35)30-45-50(38)53(56)41-23-16-28-49-51(41)55(45)43-25-13-15-27-48(43)58-49/h4-32H,1-3H3. The number of para-hydroxylation sites is 6. The number of benzene rings is 8. The lowest BCUT2D eigenvalue weighted by Crippen LogP contribution is -2.62. The van der Waals surface area contributed by atoms with Gasteiger partial charge in [0, 0.05) is 72.1 Å². The highest BCUT2D eigenvalue weighted by molar-refractivity contribution is 7.99. The first kappa shape index (κ1) is 33.5. The van der Waals surface area contributed by atoms with Crippen LogP contribution in [0.3, 0.4) is 0 Å². The van der Waals surface area contributed by atoms with Gasteiger partial charge in [-0.05, 0) is 102 Å². The summed E-state index contributed by atoms with van der Waals surface area (Å²) in [6.07, 6.45) is 0. The van der Waals surface area contributed by atoms with Gasteiger partial charge in [0.1, 0.15) is 11.5 Å². The van der Waals surface area contributed by atoms with Crippen LogP contribution in [0.1, 0.15) is 30.5 Å². The number of hydrogen-bond donors (Lipinski definition) is 0. The summed E-state index contributed by atoms with van der Waals surface area (Å²) >= 11 is 1.87. The number of rotatable bonds is 4. The van der Waals surface area contributed by atoms with E-state index in [0.717, 1.165) is 34.2 Å². The van der Waals surface area contributed by atoms with Crippen LogP contribution >= 0.6 is 11.8 Å². The molecule has 0 unspecified atom stereocenters.